The lowest BCUT2D eigenvalue weighted by atomic mass is 10.0. The Hall–Kier alpha value is -4.10. The molecule has 0 aliphatic carbocycles. The predicted molar refractivity (Wildman–Crippen MR) is 161 cm³/mol. The van der Waals surface area contributed by atoms with Crippen LogP contribution in [0.2, 0.25) is 0 Å². The van der Waals surface area contributed by atoms with Crippen molar-refractivity contribution in [3.05, 3.63) is 59.7 Å². The van der Waals surface area contributed by atoms with Crippen LogP contribution in [-0.2, 0) is 25.6 Å². The highest BCUT2D eigenvalue weighted by atomic mass is 16.4. The van der Waals surface area contributed by atoms with E-state index in [0.29, 0.717) is 24.2 Å². The summed E-state index contributed by atoms with van der Waals surface area (Å²) in [6.07, 6.45) is 5.66. The fourth-order valence-electron chi connectivity index (χ4n) is 2.49. The van der Waals surface area contributed by atoms with E-state index < -0.39 is 18.0 Å². The number of hydrogen-bond donors (Lipinski definition) is 8. The van der Waals surface area contributed by atoms with Gasteiger partial charge in [0.15, 0.2) is 0 Å². The van der Waals surface area contributed by atoms with Crippen molar-refractivity contribution in [3.8, 4) is 0 Å². The van der Waals surface area contributed by atoms with Gasteiger partial charge in [-0.15, -0.1) is 0 Å². The van der Waals surface area contributed by atoms with Crippen LogP contribution in [0, 0.1) is 0 Å². The molecule has 0 spiro atoms. The zero-order chi connectivity index (χ0) is 34.0. The molecule has 44 heavy (non-hydrogen) atoms. The number of carbonyl (C=O) groups is 2. The van der Waals surface area contributed by atoms with E-state index in [1.807, 2.05) is 24.3 Å². The number of nitrogens with zero attached hydrogens (tertiary/aromatic N) is 2. The van der Waals surface area contributed by atoms with Crippen molar-refractivity contribution in [2.24, 2.45) is 9.98 Å². The van der Waals surface area contributed by atoms with Crippen LogP contribution in [0.3, 0.4) is 0 Å². The Kier molecular flexibility index (Phi) is 33.7. The second-order valence-electron chi connectivity index (χ2n) is 8.54. The number of isocyanates is 2. The number of benzene rings is 2. The van der Waals surface area contributed by atoms with Crippen LogP contribution in [-0.4, -0.2) is 104 Å². The minimum absolute atomic E-state index is 0.0628. The maximum Gasteiger partial charge on any atom is 0.303 e. The quantitative estimate of drug-likeness (QED) is 0.0853. The number of aliphatic hydroxyl groups excluding tert-OH is 6. The molecule has 0 heterocycles. The summed E-state index contributed by atoms with van der Waals surface area (Å²) in [6, 6.07) is 14.7. The Balaban J connectivity index is -0.000000563. The normalized spacial score (nSPS) is 9.70. The number of rotatable bonds is 14. The molecule has 0 fully saturated rings. The van der Waals surface area contributed by atoms with E-state index in [0.717, 1.165) is 30.4 Å². The number of aliphatic imine (C=N–C) groups is 2. The minimum atomic E-state index is -0.870. The molecule has 0 radical (unpaired) electrons. The number of unbranched alkanes of at least 4 members (excludes halogenated alkanes) is 2. The number of hydrogen-bond acceptors (Lipinski definition) is 12. The Bertz CT molecular complexity index is 983. The molecule has 0 aliphatic rings. The number of carboxylic acids is 2. The number of carboxylic acid groups (broad SMARTS) is 2. The van der Waals surface area contributed by atoms with Gasteiger partial charge >= 0.3 is 11.9 Å². The third-order valence-electron chi connectivity index (χ3n) is 4.59. The van der Waals surface area contributed by atoms with Gasteiger partial charge in [0, 0.05) is 26.1 Å². The van der Waals surface area contributed by atoms with Gasteiger partial charge in [-0.05, 0) is 74.4 Å². The van der Waals surface area contributed by atoms with E-state index in [-0.39, 0.29) is 45.9 Å². The molecular weight excluding hydrogens is 580 g/mol. The van der Waals surface area contributed by atoms with Crippen LogP contribution in [0.5, 0.6) is 0 Å². The summed E-state index contributed by atoms with van der Waals surface area (Å²) in [4.78, 5) is 47.1. The molecular formula is C30H44N2O12. The molecule has 0 saturated carbocycles. The molecule has 8 N–H and O–H groups in total. The molecule has 2 aromatic carbocycles. The van der Waals surface area contributed by atoms with Gasteiger partial charge in [-0.3, -0.25) is 9.59 Å². The van der Waals surface area contributed by atoms with Crippen molar-refractivity contribution in [1.29, 1.82) is 0 Å². The molecule has 1 unspecified atom stereocenters. The Morgan fingerprint density at radius 3 is 1.16 bits per heavy atom. The third kappa shape index (κ3) is 34.1. The summed E-state index contributed by atoms with van der Waals surface area (Å²) in [5.74, 6) is -1.74. The lowest BCUT2D eigenvalue weighted by Crippen LogP contribution is -2.03. The first-order valence-electron chi connectivity index (χ1n) is 13.5. The topological polar surface area (TPSA) is 255 Å². The molecule has 1 atom stereocenters. The predicted octanol–water partition coefficient (Wildman–Crippen LogP) is 2.01. The van der Waals surface area contributed by atoms with Gasteiger partial charge in [0.2, 0.25) is 12.2 Å². The fourth-order valence-corrected chi connectivity index (χ4v) is 2.49. The molecule has 2 aromatic rings. The summed E-state index contributed by atoms with van der Waals surface area (Å²) in [5, 5.41) is 63.7. The molecule has 14 nitrogen and oxygen atoms in total. The molecule has 0 aromatic heterocycles. The van der Waals surface area contributed by atoms with Crippen LogP contribution in [0.1, 0.15) is 56.6 Å². The largest absolute Gasteiger partial charge is 0.481 e. The van der Waals surface area contributed by atoms with Gasteiger partial charge < -0.3 is 40.9 Å². The van der Waals surface area contributed by atoms with Crippen molar-refractivity contribution < 1.29 is 60.0 Å². The molecule has 0 saturated heterocycles. The smallest absolute Gasteiger partial charge is 0.303 e. The standard InChI is InChI=1S/C15H10N2O2.C6H10O4.C4H10O2.C3H8O2.C2H6O2/c18-10-16-14-5-1-12(2-6-14)9-13-3-7-15(8-4-13)17-11-19;7-5(8)3-1-2-4-6(9)10;5-3-1-2-4-6;1-3(5)2-4;3-1-2-4/h1-8H,9H2;1-4H2,(H,7,8)(H,9,10);5-6H,1-4H2;3-5H,2H2,1H3;3-4H,1-2H2. The Labute approximate surface area is 256 Å². The third-order valence-corrected chi connectivity index (χ3v) is 4.59. The molecule has 0 bridgehead atoms. The molecule has 0 aliphatic heterocycles. The maximum atomic E-state index is 10.1. The summed E-state index contributed by atoms with van der Waals surface area (Å²) in [5.41, 5.74) is 3.40. The first kappa shape index (κ1) is 44.3. The number of aliphatic hydroxyl groups is 6. The molecule has 246 valence electrons. The second-order valence-corrected chi connectivity index (χ2v) is 8.54. The van der Waals surface area contributed by atoms with Gasteiger partial charge in [-0.25, -0.2) is 9.59 Å². The first-order valence-corrected chi connectivity index (χ1v) is 13.5. The highest BCUT2D eigenvalue weighted by Crippen LogP contribution is 2.17. The van der Waals surface area contributed by atoms with Gasteiger partial charge in [0.25, 0.3) is 0 Å². The number of aliphatic carboxylic acids is 2. The van der Waals surface area contributed by atoms with Crippen LogP contribution in [0.4, 0.5) is 11.4 Å². The molecule has 14 heteroatoms. The molecule has 2 rings (SSSR count). The molecule has 0 amide bonds. The fraction of sp³-hybridized carbons (Fsp3) is 0.467. The van der Waals surface area contributed by atoms with E-state index in [4.69, 9.17) is 40.9 Å². The van der Waals surface area contributed by atoms with Gasteiger partial charge in [0.1, 0.15) is 0 Å². The van der Waals surface area contributed by atoms with Gasteiger partial charge in [-0.2, -0.15) is 9.98 Å². The first-order chi connectivity index (χ1) is 21.0. The van der Waals surface area contributed by atoms with Crippen molar-refractivity contribution >= 4 is 35.5 Å². The summed E-state index contributed by atoms with van der Waals surface area (Å²) in [7, 11) is 0. The highest BCUT2D eigenvalue weighted by Gasteiger charge is 1.99. The minimum Gasteiger partial charge on any atom is -0.481 e. The lowest BCUT2D eigenvalue weighted by Gasteiger charge is -2.02. The van der Waals surface area contributed by atoms with Crippen LogP contribution < -0.4 is 0 Å². The number of carbonyl (C=O) groups excluding carboxylic acids is 2. The summed E-state index contributed by atoms with van der Waals surface area (Å²) >= 11 is 0. The van der Waals surface area contributed by atoms with Gasteiger partial charge in [0.05, 0.1) is 37.3 Å². The summed E-state index contributed by atoms with van der Waals surface area (Å²) < 4.78 is 0. The van der Waals surface area contributed by atoms with Crippen molar-refractivity contribution in [2.45, 2.75) is 58.0 Å². The Morgan fingerprint density at radius 1 is 0.636 bits per heavy atom. The van der Waals surface area contributed by atoms with E-state index in [1.54, 1.807) is 24.3 Å². The lowest BCUT2D eigenvalue weighted by molar-refractivity contribution is -0.139. The van der Waals surface area contributed by atoms with Crippen LogP contribution >= 0.6 is 0 Å². The van der Waals surface area contributed by atoms with Crippen molar-refractivity contribution in [3.63, 3.8) is 0 Å². The van der Waals surface area contributed by atoms with E-state index in [2.05, 4.69) is 9.98 Å². The highest BCUT2D eigenvalue weighted by molar-refractivity contribution is 5.67. The maximum absolute atomic E-state index is 10.1. The summed E-state index contributed by atoms with van der Waals surface area (Å²) in [6.45, 7) is 1.53. The van der Waals surface area contributed by atoms with E-state index in [1.165, 1.54) is 19.1 Å². The second kappa shape index (κ2) is 33.4. The van der Waals surface area contributed by atoms with Gasteiger partial charge in [-0.1, -0.05) is 24.3 Å². The average Bonchev–Trinajstić information content (AvgIpc) is 3.01. The van der Waals surface area contributed by atoms with Crippen molar-refractivity contribution in [1.82, 2.24) is 0 Å². The average molecular weight is 625 g/mol. The van der Waals surface area contributed by atoms with Crippen LogP contribution in [0.15, 0.2) is 58.5 Å². The van der Waals surface area contributed by atoms with E-state index >= 15 is 0 Å². The monoisotopic (exact) mass is 624 g/mol. The zero-order valence-electron chi connectivity index (χ0n) is 24.8. The SMILES string of the molecule is CC(O)CO.O=C(O)CCCCC(=O)O.O=C=Nc1ccc(Cc2ccc(N=C=O)cc2)cc1.OCCCCO.OCCO. The van der Waals surface area contributed by atoms with Crippen LogP contribution in [0.25, 0.3) is 0 Å². The van der Waals surface area contributed by atoms with Crippen molar-refractivity contribution in [2.75, 3.05) is 33.0 Å². The Morgan fingerprint density at radius 2 is 0.955 bits per heavy atom. The van der Waals surface area contributed by atoms with E-state index in [9.17, 15) is 19.2 Å². The zero-order valence-corrected chi connectivity index (χ0v) is 24.8.